The van der Waals surface area contributed by atoms with Crippen LogP contribution in [-0.4, -0.2) is 14.9 Å². The number of ether oxygens (including phenoxy) is 1. The molecule has 0 saturated heterocycles. The average Bonchev–Trinajstić information content (AvgIpc) is 2.54. The monoisotopic (exact) mass is 316 g/mol. The van der Waals surface area contributed by atoms with Gasteiger partial charge in [0.15, 0.2) is 0 Å². The molecule has 5 nitrogen and oxygen atoms in total. The third kappa shape index (κ3) is 4.06. The zero-order valence-electron chi connectivity index (χ0n) is 12.4. The first-order valence-electron chi connectivity index (χ1n) is 6.62. The summed E-state index contributed by atoms with van der Waals surface area (Å²) in [7, 11) is 3.07. The molecule has 0 radical (unpaired) electrons. The molecule has 1 aromatic heterocycles. The van der Waals surface area contributed by atoms with Crippen LogP contribution >= 0.6 is 11.8 Å². The molecule has 22 heavy (non-hydrogen) atoms. The van der Waals surface area contributed by atoms with Crippen LogP contribution < -0.4 is 11.2 Å². The summed E-state index contributed by atoms with van der Waals surface area (Å²) in [6.45, 7) is 0.431. The van der Waals surface area contributed by atoms with Crippen LogP contribution in [0.1, 0.15) is 5.56 Å². The van der Waals surface area contributed by atoms with E-state index in [1.807, 2.05) is 30.3 Å². The number of benzene rings is 1. The standard InChI is InChI=1S/C16H16N2O3S/c1-17-11-14(15(19)18(2)16(17)20)22-10-6-9-21-12-13-7-4-3-5-8-13/h3-5,7-8,11H,10,12H2,1-2H3. The van der Waals surface area contributed by atoms with Gasteiger partial charge in [-0.2, -0.15) is 0 Å². The highest BCUT2D eigenvalue weighted by Gasteiger charge is 2.06. The van der Waals surface area contributed by atoms with Crippen LogP contribution in [0, 0.1) is 12.0 Å². The van der Waals surface area contributed by atoms with Crippen molar-refractivity contribution in [3.8, 4) is 12.0 Å². The molecular weight excluding hydrogens is 300 g/mol. The molecule has 1 heterocycles. The molecule has 0 saturated carbocycles. The van der Waals surface area contributed by atoms with E-state index in [4.69, 9.17) is 4.74 Å². The van der Waals surface area contributed by atoms with E-state index in [1.54, 1.807) is 7.05 Å². The van der Waals surface area contributed by atoms with Gasteiger partial charge in [-0.05, 0) is 11.5 Å². The van der Waals surface area contributed by atoms with Crippen LogP contribution in [0.25, 0.3) is 0 Å². The third-order valence-corrected chi connectivity index (χ3v) is 3.82. The minimum atomic E-state index is -0.341. The fraction of sp³-hybridized carbons (Fsp3) is 0.250. The van der Waals surface area contributed by atoms with Crippen molar-refractivity contribution in [2.75, 3.05) is 5.75 Å². The highest BCUT2D eigenvalue weighted by atomic mass is 32.2. The minimum absolute atomic E-state index is 0.305. The lowest BCUT2D eigenvalue weighted by molar-refractivity contribution is 0.265. The summed E-state index contributed by atoms with van der Waals surface area (Å²) in [6, 6.07) is 9.75. The SMILES string of the molecule is Cn1cc(SCC#COCc2ccccc2)c(=O)n(C)c1=O. The lowest BCUT2D eigenvalue weighted by Gasteiger charge is -2.04. The van der Waals surface area contributed by atoms with Crippen LogP contribution in [0.3, 0.4) is 0 Å². The molecule has 0 N–H and O–H groups in total. The fourth-order valence-electron chi connectivity index (χ4n) is 1.76. The van der Waals surface area contributed by atoms with Crippen LogP contribution in [0.2, 0.25) is 0 Å². The molecule has 114 valence electrons. The van der Waals surface area contributed by atoms with Crippen LogP contribution in [0.4, 0.5) is 0 Å². The normalized spacial score (nSPS) is 9.91. The summed E-state index contributed by atoms with van der Waals surface area (Å²) < 4.78 is 7.70. The first-order valence-corrected chi connectivity index (χ1v) is 7.61. The number of aromatic nitrogens is 2. The second-order valence-electron chi connectivity index (χ2n) is 4.59. The van der Waals surface area contributed by atoms with Gasteiger partial charge in [-0.25, -0.2) is 4.79 Å². The Morgan fingerprint density at radius 2 is 1.91 bits per heavy atom. The molecule has 0 spiro atoms. The second-order valence-corrected chi connectivity index (χ2v) is 5.61. The van der Waals surface area contributed by atoms with Crippen molar-refractivity contribution in [3.05, 3.63) is 62.9 Å². The quantitative estimate of drug-likeness (QED) is 0.631. The van der Waals surface area contributed by atoms with E-state index >= 15 is 0 Å². The number of nitrogens with zero attached hydrogens (tertiary/aromatic N) is 2. The zero-order chi connectivity index (χ0) is 15.9. The van der Waals surface area contributed by atoms with Crippen molar-refractivity contribution < 1.29 is 4.74 Å². The van der Waals surface area contributed by atoms with Crippen LogP contribution in [0.5, 0.6) is 0 Å². The smallest absolute Gasteiger partial charge is 0.330 e. The number of hydrogen-bond donors (Lipinski definition) is 0. The highest BCUT2D eigenvalue weighted by Crippen LogP contribution is 2.10. The molecule has 0 amide bonds. The van der Waals surface area contributed by atoms with E-state index < -0.39 is 0 Å². The predicted octanol–water partition coefficient (Wildman–Crippen LogP) is 1.35. The van der Waals surface area contributed by atoms with Crippen molar-refractivity contribution in [2.24, 2.45) is 14.1 Å². The molecule has 0 aliphatic heterocycles. The molecule has 0 atom stereocenters. The highest BCUT2D eigenvalue weighted by molar-refractivity contribution is 7.99. The van der Waals surface area contributed by atoms with Gasteiger partial charge in [-0.3, -0.25) is 9.36 Å². The lowest BCUT2D eigenvalue weighted by Crippen LogP contribution is -2.37. The summed E-state index contributed by atoms with van der Waals surface area (Å²) in [6.07, 6.45) is 4.15. The molecular formula is C16H16N2O3S. The number of aryl methyl sites for hydroxylation is 1. The predicted molar refractivity (Wildman–Crippen MR) is 86.7 cm³/mol. The number of thioether (sulfide) groups is 1. The molecule has 2 aromatic rings. The van der Waals surface area contributed by atoms with Gasteiger partial charge in [0.05, 0.1) is 10.6 Å². The summed E-state index contributed by atoms with van der Waals surface area (Å²) in [5.41, 5.74) is 0.406. The van der Waals surface area contributed by atoms with Gasteiger partial charge in [0.25, 0.3) is 5.56 Å². The zero-order valence-corrected chi connectivity index (χ0v) is 13.2. The molecule has 0 aliphatic carbocycles. The van der Waals surface area contributed by atoms with Crippen LogP contribution in [0.15, 0.2) is 51.0 Å². The Morgan fingerprint density at radius 3 is 2.64 bits per heavy atom. The number of hydrogen-bond acceptors (Lipinski definition) is 4. The summed E-state index contributed by atoms with van der Waals surface area (Å²) in [5.74, 6) is 3.26. The summed E-state index contributed by atoms with van der Waals surface area (Å²) in [4.78, 5) is 23.9. The van der Waals surface area contributed by atoms with Crippen molar-refractivity contribution >= 4 is 11.8 Å². The fourth-order valence-corrected chi connectivity index (χ4v) is 2.54. The Balaban J connectivity index is 1.89. The van der Waals surface area contributed by atoms with E-state index in [1.165, 1.54) is 29.6 Å². The van der Waals surface area contributed by atoms with Gasteiger partial charge in [0.1, 0.15) is 12.7 Å². The summed E-state index contributed by atoms with van der Waals surface area (Å²) >= 11 is 1.28. The Labute approximate surface area is 132 Å². The van der Waals surface area contributed by atoms with Gasteiger partial charge in [-0.15, -0.1) is 11.8 Å². The third-order valence-electron chi connectivity index (χ3n) is 2.94. The molecule has 1 aromatic carbocycles. The van der Waals surface area contributed by atoms with Crippen molar-refractivity contribution in [2.45, 2.75) is 11.5 Å². The number of rotatable bonds is 4. The molecule has 0 unspecified atom stereocenters. The van der Waals surface area contributed by atoms with Crippen molar-refractivity contribution in [1.29, 1.82) is 0 Å². The van der Waals surface area contributed by atoms with Gasteiger partial charge in [0, 0.05) is 20.3 Å². The van der Waals surface area contributed by atoms with Gasteiger partial charge >= 0.3 is 5.69 Å². The Morgan fingerprint density at radius 1 is 1.18 bits per heavy atom. The Hall–Kier alpha value is -2.39. The molecule has 2 rings (SSSR count). The Kier molecular flexibility index (Phi) is 5.50. The lowest BCUT2D eigenvalue weighted by atomic mass is 10.2. The van der Waals surface area contributed by atoms with Crippen molar-refractivity contribution in [1.82, 2.24) is 9.13 Å². The van der Waals surface area contributed by atoms with E-state index in [2.05, 4.69) is 12.0 Å². The molecule has 0 aliphatic rings. The topological polar surface area (TPSA) is 53.2 Å². The average molecular weight is 316 g/mol. The maximum absolute atomic E-state index is 11.9. The maximum atomic E-state index is 11.9. The van der Waals surface area contributed by atoms with Crippen LogP contribution in [-0.2, 0) is 25.4 Å². The second kappa shape index (κ2) is 7.57. The first-order chi connectivity index (χ1) is 10.6. The van der Waals surface area contributed by atoms with E-state index in [0.717, 1.165) is 10.1 Å². The minimum Gasteiger partial charge on any atom is -0.442 e. The maximum Gasteiger partial charge on any atom is 0.330 e. The van der Waals surface area contributed by atoms with Gasteiger partial charge in [0.2, 0.25) is 0 Å². The first kappa shape index (κ1) is 16.0. The van der Waals surface area contributed by atoms with Crippen molar-refractivity contribution in [3.63, 3.8) is 0 Å². The van der Waals surface area contributed by atoms with E-state index in [-0.39, 0.29) is 11.2 Å². The largest absolute Gasteiger partial charge is 0.442 e. The molecule has 0 fully saturated rings. The van der Waals surface area contributed by atoms with E-state index in [0.29, 0.717) is 17.3 Å². The van der Waals surface area contributed by atoms with Gasteiger partial charge in [-0.1, -0.05) is 30.3 Å². The summed E-state index contributed by atoms with van der Waals surface area (Å²) in [5, 5.41) is 0. The molecule has 6 heteroatoms. The van der Waals surface area contributed by atoms with E-state index in [9.17, 15) is 9.59 Å². The Bertz CT molecular complexity index is 813. The van der Waals surface area contributed by atoms with Gasteiger partial charge < -0.3 is 9.30 Å². The molecule has 0 bridgehead atoms.